The summed E-state index contributed by atoms with van der Waals surface area (Å²) in [6.07, 6.45) is 1.73. The first-order chi connectivity index (χ1) is 5.95. The van der Waals surface area contributed by atoms with Crippen LogP contribution in [0.3, 0.4) is 0 Å². The van der Waals surface area contributed by atoms with Crippen LogP contribution in [0.25, 0.3) is 22.0 Å². The van der Waals surface area contributed by atoms with Crippen LogP contribution in [-0.2, 0) is 0 Å². The molecule has 1 N–H and O–H groups in total. The molecule has 3 rings (SSSR count). The summed E-state index contributed by atoms with van der Waals surface area (Å²) in [7, 11) is 0. The van der Waals surface area contributed by atoms with Crippen LogP contribution in [-0.4, -0.2) is 10.1 Å². The van der Waals surface area contributed by atoms with Crippen molar-refractivity contribution in [1.82, 2.24) is 10.1 Å². The average Bonchev–Trinajstić information content (AvgIpc) is 2.62. The van der Waals surface area contributed by atoms with E-state index in [0.29, 0.717) is 0 Å². The minimum atomic E-state index is 0.746. The van der Waals surface area contributed by atoms with E-state index < -0.39 is 0 Å². The zero-order chi connectivity index (χ0) is 7.97. The summed E-state index contributed by atoms with van der Waals surface area (Å²) < 4.78 is 5.00. The fraction of sp³-hybridized carbons (Fsp3) is 0. The lowest BCUT2D eigenvalue weighted by Crippen LogP contribution is -1.64. The second-order valence-corrected chi connectivity index (χ2v) is 2.74. The molecule has 0 radical (unpaired) electrons. The molecule has 0 aliphatic carbocycles. The van der Waals surface area contributed by atoms with Crippen molar-refractivity contribution in [1.29, 1.82) is 0 Å². The minimum absolute atomic E-state index is 0.746. The van der Waals surface area contributed by atoms with E-state index in [1.807, 2.05) is 24.3 Å². The quantitative estimate of drug-likeness (QED) is 0.545. The summed E-state index contributed by atoms with van der Waals surface area (Å²) in [4.78, 5) is 3.13. The largest absolute Gasteiger partial charge is 0.338 e. The van der Waals surface area contributed by atoms with Crippen LogP contribution in [0.5, 0.6) is 0 Å². The number of hydrogen-bond donors (Lipinski definition) is 1. The molecule has 12 heavy (non-hydrogen) atoms. The predicted molar refractivity (Wildman–Crippen MR) is 45.9 cm³/mol. The van der Waals surface area contributed by atoms with Gasteiger partial charge in [-0.15, -0.1) is 0 Å². The number of H-pyrrole nitrogens is 1. The molecule has 58 valence electrons. The van der Waals surface area contributed by atoms with E-state index in [0.717, 1.165) is 22.0 Å². The normalized spacial score (nSPS) is 11.3. The van der Waals surface area contributed by atoms with Gasteiger partial charge in [0.1, 0.15) is 0 Å². The van der Waals surface area contributed by atoms with Crippen LogP contribution in [0.2, 0.25) is 0 Å². The lowest BCUT2D eigenvalue weighted by molar-refractivity contribution is 0.449. The molecule has 0 fully saturated rings. The van der Waals surface area contributed by atoms with Crippen molar-refractivity contribution < 1.29 is 4.52 Å². The van der Waals surface area contributed by atoms with Gasteiger partial charge in [-0.1, -0.05) is 23.4 Å². The van der Waals surface area contributed by atoms with Crippen LogP contribution < -0.4 is 0 Å². The highest BCUT2D eigenvalue weighted by Gasteiger charge is 2.05. The van der Waals surface area contributed by atoms with Crippen LogP contribution >= 0.6 is 0 Å². The smallest absolute Gasteiger partial charge is 0.237 e. The van der Waals surface area contributed by atoms with Crippen LogP contribution in [0.1, 0.15) is 0 Å². The molecule has 0 aliphatic heterocycles. The molecule has 0 spiro atoms. The Bertz CT molecular complexity index is 534. The first kappa shape index (κ1) is 5.83. The number of aromatic nitrogens is 2. The number of benzene rings is 1. The molecule has 0 bridgehead atoms. The predicted octanol–water partition coefficient (Wildman–Crippen LogP) is 2.31. The number of nitrogens with zero attached hydrogens (tertiary/aromatic N) is 1. The van der Waals surface area contributed by atoms with Gasteiger partial charge < -0.3 is 9.51 Å². The summed E-state index contributed by atoms with van der Waals surface area (Å²) in [6, 6.07) is 8.06. The second kappa shape index (κ2) is 1.88. The van der Waals surface area contributed by atoms with Gasteiger partial charge in [0.15, 0.2) is 0 Å². The maximum absolute atomic E-state index is 5.00. The van der Waals surface area contributed by atoms with Gasteiger partial charge in [-0.3, -0.25) is 0 Å². The summed E-state index contributed by atoms with van der Waals surface area (Å²) in [5, 5.41) is 5.91. The minimum Gasteiger partial charge on any atom is -0.338 e. The van der Waals surface area contributed by atoms with E-state index in [4.69, 9.17) is 4.52 Å². The van der Waals surface area contributed by atoms with Crippen molar-refractivity contribution >= 4 is 22.0 Å². The Kier molecular flexibility index (Phi) is 0.913. The SMILES string of the molecule is c1ccc2c(c1)[nH]c1oncc12. The van der Waals surface area contributed by atoms with Crippen molar-refractivity contribution in [3.63, 3.8) is 0 Å². The Labute approximate surface area is 68.0 Å². The third-order valence-electron chi connectivity index (χ3n) is 2.04. The van der Waals surface area contributed by atoms with Gasteiger partial charge in [-0.2, -0.15) is 0 Å². The molecule has 2 heterocycles. The van der Waals surface area contributed by atoms with E-state index in [9.17, 15) is 0 Å². The number of rotatable bonds is 0. The van der Waals surface area contributed by atoms with Crippen LogP contribution in [0, 0.1) is 0 Å². The molecule has 0 unspecified atom stereocenters. The fourth-order valence-corrected chi connectivity index (χ4v) is 1.47. The molecule has 3 aromatic rings. The van der Waals surface area contributed by atoms with Crippen LogP contribution in [0.15, 0.2) is 35.0 Å². The monoisotopic (exact) mass is 158 g/mol. The number of fused-ring (bicyclic) bond motifs is 3. The molecular formula is C9H6N2O. The molecule has 0 amide bonds. The van der Waals surface area contributed by atoms with Crippen molar-refractivity contribution in [3.05, 3.63) is 30.5 Å². The molecule has 3 heteroatoms. The highest BCUT2D eigenvalue weighted by molar-refractivity contribution is 6.04. The van der Waals surface area contributed by atoms with Gasteiger partial charge in [-0.05, 0) is 6.07 Å². The van der Waals surface area contributed by atoms with Gasteiger partial charge in [0.25, 0.3) is 0 Å². The van der Waals surface area contributed by atoms with Crippen molar-refractivity contribution in [2.24, 2.45) is 0 Å². The van der Waals surface area contributed by atoms with Crippen molar-refractivity contribution in [2.75, 3.05) is 0 Å². The van der Waals surface area contributed by atoms with E-state index in [2.05, 4.69) is 10.1 Å². The third-order valence-corrected chi connectivity index (χ3v) is 2.04. The van der Waals surface area contributed by atoms with Crippen LogP contribution in [0.4, 0.5) is 0 Å². The summed E-state index contributed by atoms with van der Waals surface area (Å²) in [6.45, 7) is 0. The zero-order valence-corrected chi connectivity index (χ0v) is 6.24. The number of nitrogens with one attached hydrogen (secondary N) is 1. The number of para-hydroxylation sites is 1. The zero-order valence-electron chi connectivity index (χ0n) is 6.24. The Morgan fingerprint density at radius 1 is 1.17 bits per heavy atom. The van der Waals surface area contributed by atoms with Gasteiger partial charge in [0.2, 0.25) is 5.71 Å². The lowest BCUT2D eigenvalue weighted by Gasteiger charge is -1.84. The Morgan fingerprint density at radius 3 is 3.08 bits per heavy atom. The summed E-state index contributed by atoms with van der Waals surface area (Å²) in [5.74, 6) is 0. The third kappa shape index (κ3) is 0.580. The van der Waals surface area contributed by atoms with E-state index in [-0.39, 0.29) is 0 Å². The van der Waals surface area contributed by atoms with Gasteiger partial charge >= 0.3 is 0 Å². The van der Waals surface area contributed by atoms with Gasteiger partial charge in [-0.25, -0.2) is 0 Å². The van der Waals surface area contributed by atoms with E-state index in [1.165, 1.54) is 0 Å². The molecule has 3 nitrogen and oxygen atoms in total. The molecular weight excluding hydrogens is 152 g/mol. The lowest BCUT2D eigenvalue weighted by atomic mass is 10.2. The molecule has 0 aliphatic rings. The first-order valence-corrected chi connectivity index (χ1v) is 3.76. The number of hydrogen-bond acceptors (Lipinski definition) is 2. The van der Waals surface area contributed by atoms with E-state index in [1.54, 1.807) is 6.20 Å². The molecule has 2 aromatic heterocycles. The Hall–Kier alpha value is -1.77. The fourth-order valence-electron chi connectivity index (χ4n) is 1.47. The van der Waals surface area contributed by atoms with E-state index >= 15 is 0 Å². The molecule has 0 saturated heterocycles. The Balaban J connectivity index is 2.68. The Morgan fingerprint density at radius 2 is 2.08 bits per heavy atom. The topological polar surface area (TPSA) is 41.8 Å². The van der Waals surface area contributed by atoms with Crippen molar-refractivity contribution in [3.8, 4) is 0 Å². The molecule has 0 saturated carbocycles. The molecule has 0 atom stereocenters. The standard InChI is InChI=1S/C9H6N2O/c1-2-4-8-6(3-1)7-5-10-12-9(7)11-8/h1-5,11H. The first-order valence-electron chi connectivity index (χ1n) is 3.76. The summed E-state index contributed by atoms with van der Waals surface area (Å²) >= 11 is 0. The van der Waals surface area contributed by atoms with Gasteiger partial charge in [0.05, 0.1) is 11.6 Å². The maximum atomic E-state index is 5.00. The number of aromatic amines is 1. The second-order valence-electron chi connectivity index (χ2n) is 2.74. The van der Waals surface area contributed by atoms with Crippen molar-refractivity contribution in [2.45, 2.75) is 0 Å². The molecule has 1 aromatic carbocycles. The highest BCUT2D eigenvalue weighted by atomic mass is 16.5. The average molecular weight is 158 g/mol. The summed E-state index contributed by atoms with van der Waals surface area (Å²) in [5.41, 5.74) is 1.84. The maximum Gasteiger partial charge on any atom is 0.237 e. The highest BCUT2D eigenvalue weighted by Crippen LogP contribution is 2.23. The van der Waals surface area contributed by atoms with Gasteiger partial charge in [0, 0.05) is 10.9 Å².